The van der Waals surface area contributed by atoms with E-state index in [4.69, 9.17) is 4.74 Å². The van der Waals surface area contributed by atoms with Gasteiger partial charge in [0.15, 0.2) is 0 Å². The number of anilines is 1. The van der Waals surface area contributed by atoms with Gasteiger partial charge in [0.2, 0.25) is 0 Å². The molecule has 100 valence electrons. The van der Waals surface area contributed by atoms with E-state index in [2.05, 4.69) is 5.32 Å². The Bertz CT molecular complexity index is 374. The molecule has 0 saturated heterocycles. The minimum atomic E-state index is -0.0517. The number of benzene rings is 1. The van der Waals surface area contributed by atoms with Crippen molar-refractivity contribution >= 4 is 11.6 Å². The molecule has 1 aromatic rings. The normalized spacial score (nSPS) is 12.0. The van der Waals surface area contributed by atoms with E-state index in [0.717, 1.165) is 12.1 Å². The highest BCUT2D eigenvalue weighted by molar-refractivity contribution is 5.94. The van der Waals surface area contributed by atoms with E-state index in [0.29, 0.717) is 12.2 Å². The maximum atomic E-state index is 12.0. The quantitative estimate of drug-likeness (QED) is 0.838. The van der Waals surface area contributed by atoms with Gasteiger partial charge < -0.3 is 15.0 Å². The highest BCUT2D eigenvalue weighted by atomic mass is 16.5. The Balaban J connectivity index is 2.66. The van der Waals surface area contributed by atoms with Crippen LogP contribution in [-0.4, -0.2) is 39.8 Å². The summed E-state index contributed by atoms with van der Waals surface area (Å²) in [5.74, 6) is -0.0517. The summed E-state index contributed by atoms with van der Waals surface area (Å²) in [4.78, 5) is 14.0. The summed E-state index contributed by atoms with van der Waals surface area (Å²) in [5, 5.41) is 2.96. The third kappa shape index (κ3) is 4.04. The van der Waals surface area contributed by atoms with E-state index < -0.39 is 0 Å². The fourth-order valence-electron chi connectivity index (χ4n) is 1.64. The summed E-state index contributed by atoms with van der Waals surface area (Å²) in [6, 6.07) is 7.61. The number of methoxy groups -OCH3 is 1. The van der Waals surface area contributed by atoms with Crippen LogP contribution in [-0.2, 0) is 4.74 Å². The fourth-order valence-corrected chi connectivity index (χ4v) is 1.64. The van der Waals surface area contributed by atoms with Crippen molar-refractivity contribution in [1.82, 2.24) is 5.32 Å². The standard InChI is InChI=1S/C14H22N2O2/c1-5-12(10-18-4)15-14(17)11-6-8-13(9-7-11)16(2)3/h6-9,12H,5,10H2,1-4H3,(H,15,17). The number of hydrogen-bond acceptors (Lipinski definition) is 3. The van der Waals surface area contributed by atoms with E-state index >= 15 is 0 Å². The van der Waals surface area contributed by atoms with Crippen molar-refractivity contribution in [2.24, 2.45) is 0 Å². The van der Waals surface area contributed by atoms with Crippen LogP contribution in [0, 0.1) is 0 Å². The second-order valence-corrected chi connectivity index (χ2v) is 4.48. The van der Waals surface area contributed by atoms with Crippen LogP contribution in [0.2, 0.25) is 0 Å². The third-order valence-corrected chi connectivity index (χ3v) is 2.84. The van der Waals surface area contributed by atoms with Crippen LogP contribution < -0.4 is 10.2 Å². The van der Waals surface area contributed by atoms with Gasteiger partial charge in [0, 0.05) is 32.5 Å². The molecule has 1 amide bonds. The molecule has 1 N–H and O–H groups in total. The van der Waals surface area contributed by atoms with Crippen molar-refractivity contribution in [1.29, 1.82) is 0 Å². The molecule has 0 heterocycles. The molecule has 1 atom stereocenters. The molecule has 0 aromatic heterocycles. The topological polar surface area (TPSA) is 41.6 Å². The molecule has 0 fully saturated rings. The highest BCUT2D eigenvalue weighted by Gasteiger charge is 2.11. The molecule has 0 spiro atoms. The number of nitrogens with one attached hydrogen (secondary N) is 1. The number of amides is 1. The molecule has 0 radical (unpaired) electrons. The lowest BCUT2D eigenvalue weighted by molar-refractivity contribution is 0.0894. The number of rotatable bonds is 6. The Labute approximate surface area is 109 Å². The first-order chi connectivity index (χ1) is 8.58. The molecule has 4 nitrogen and oxygen atoms in total. The van der Waals surface area contributed by atoms with Gasteiger partial charge in [0.05, 0.1) is 12.6 Å². The summed E-state index contributed by atoms with van der Waals surface area (Å²) in [5.41, 5.74) is 1.76. The molecule has 0 aliphatic rings. The van der Waals surface area contributed by atoms with Crippen LogP contribution in [0.15, 0.2) is 24.3 Å². The molecule has 0 bridgehead atoms. The van der Waals surface area contributed by atoms with Crippen molar-refractivity contribution in [2.45, 2.75) is 19.4 Å². The second kappa shape index (κ2) is 7.01. The van der Waals surface area contributed by atoms with E-state index in [1.165, 1.54) is 0 Å². The summed E-state index contributed by atoms with van der Waals surface area (Å²) in [6.45, 7) is 2.57. The first-order valence-electron chi connectivity index (χ1n) is 6.15. The lowest BCUT2D eigenvalue weighted by atomic mass is 10.1. The summed E-state index contributed by atoms with van der Waals surface area (Å²) < 4.78 is 5.06. The van der Waals surface area contributed by atoms with E-state index in [-0.39, 0.29) is 11.9 Å². The van der Waals surface area contributed by atoms with E-state index in [1.807, 2.05) is 50.2 Å². The molecule has 1 aromatic carbocycles. The lowest BCUT2D eigenvalue weighted by Gasteiger charge is -2.16. The van der Waals surface area contributed by atoms with Crippen molar-refractivity contribution < 1.29 is 9.53 Å². The first kappa shape index (κ1) is 14.5. The van der Waals surface area contributed by atoms with Crippen LogP contribution >= 0.6 is 0 Å². The van der Waals surface area contributed by atoms with Crippen LogP contribution in [0.25, 0.3) is 0 Å². The Morgan fingerprint density at radius 2 is 1.94 bits per heavy atom. The molecule has 4 heteroatoms. The predicted molar refractivity (Wildman–Crippen MR) is 74.2 cm³/mol. The maximum absolute atomic E-state index is 12.0. The van der Waals surface area contributed by atoms with Gasteiger partial charge in [-0.1, -0.05) is 6.92 Å². The van der Waals surface area contributed by atoms with Gasteiger partial charge in [-0.15, -0.1) is 0 Å². The lowest BCUT2D eigenvalue weighted by Crippen LogP contribution is -2.37. The van der Waals surface area contributed by atoms with E-state index in [9.17, 15) is 4.79 Å². The average Bonchev–Trinajstić information content (AvgIpc) is 2.38. The summed E-state index contributed by atoms with van der Waals surface area (Å²) >= 11 is 0. The number of hydrogen-bond donors (Lipinski definition) is 1. The smallest absolute Gasteiger partial charge is 0.251 e. The summed E-state index contributed by atoms with van der Waals surface area (Å²) in [6.07, 6.45) is 0.857. The van der Waals surface area contributed by atoms with Gasteiger partial charge in [-0.25, -0.2) is 0 Å². The zero-order valence-corrected chi connectivity index (χ0v) is 11.6. The predicted octanol–water partition coefficient (Wildman–Crippen LogP) is 1.91. The molecule has 0 aliphatic carbocycles. The van der Waals surface area contributed by atoms with Gasteiger partial charge in [-0.3, -0.25) is 4.79 Å². The van der Waals surface area contributed by atoms with Gasteiger partial charge in [-0.05, 0) is 30.7 Å². The monoisotopic (exact) mass is 250 g/mol. The Morgan fingerprint density at radius 3 is 2.39 bits per heavy atom. The van der Waals surface area contributed by atoms with Crippen molar-refractivity contribution in [3.8, 4) is 0 Å². The zero-order chi connectivity index (χ0) is 13.5. The molecule has 0 aliphatic heterocycles. The van der Waals surface area contributed by atoms with Crippen LogP contribution in [0.1, 0.15) is 23.7 Å². The fraction of sp³-hybridized carbons (Fsp3) is 0.500. The minimum Gasteiger partial charge on any atom is -0.383 e. The van der Waals surface area contributed by atoms with Crippen LogP contribution in [0.4, 0.5) is 5.69 Å². The number of nitrogens with zero attached hydrogens (tertiary/aromatic N) is 1. The largest absolute Gasteiger partial charge is 0.383 e. The molecular formula is C14H22N2O2. The van der Waals surface area contributed by atoms with Crippen LogP contribution in [0.5, 0.6) is 0 Å². The molecular weight excluding hydrogens is 228 g/mol. The van der Waals surface area contributed by atoms with Crippen molar-refractivity contribution in [2.75, 3.05) is 32.7 Å². The van der Waals surface area contributed by atoms with Crippen molar-refractivity contribution in [3.63, 3.8) is 0 Å². The average molecular weight is 250 g/mol. The Hall–Kier alpha value is -1.55. The van der Waals surface area contributed by atoms with Gasteiger partial charge >= 0.3 is 0 Å². The zero-order valence-electron chi connectivity index (χ0n) is 11.6. The molecule has 1 rings (SSSR count). The molecule has 18 heavy (non-hydrogen) atoms. The van der Waals surface area contributed by atoms with Gasteiger partial charge in [0.25, 0.3) is 5.91 Å². The second-order valence-electron chi connectivity index (χ2n) is 4.48. The SMILES string of the molecule is CCC(COC)NC(=O)c1ccc(N(C)C)cc1. The molecule has 0 saturated carbocycles. The highest BCUT2D eigenvalue weighted by Crippen LogP contribution is 2.12. The minimum absolute atomic E-state index is 0.0517. The van der Waals surface area contributed by atoms with Gasteiger partial charge in [0.1, 0.15) is 0 Å². The molecule has 1 unspecified atom stereocenters. The Kier molecular flexibility index (Phi) is 5.65. The first-order valence-corrected chi connectivity index (χ1v) is 6.15. The maximum Gasteiger partial charge on any atom is 0.251 e. The van der Waals surface area contributed by atoms with E-state index in [1.54, 1.807) is 7.11 Å². The number of carbonyl (C=O) groups excluding carboxylic acids is 1. The van der Waals surface area contributed by atoms with Crippen molar-refractivity contribution in [3.05, 3.63) is 29.8 Å². The van der Waals surface area contributed by atoms with Crippen LogP contribution in [0.3, 0.4) is 0 Å². The number of carbonyl (C=O) groups is 1. The Morgan fingerprint density at radius 1 is 1.33 bits per heavy atom. The van der Waals surface area contributed by atoms with Gasteiger partial charge in [-0.2, -0.15) is 0 Å². The third-order valence-electron chi connectivity index (χ3n) is 2.84. The summed E-state index contributed by atoms with van der Waals surface area (Å²) in [7, 11) is 5.59. The number of ether oxygens (including phenoxy) is 1.